The van der Waals surface area contributed by atoms with Crippen LogP contribution in [0.1, 0.15) is 30.9 Å². The lowest BCUT2D eigenvalue weighted by Gasteiger charge is -2.29. The number of piperidine rings is 1. The molecule has 1 amide bonds. The highest BCUT2D eigenvalue weighted by molar-refractivity contribution is 9.10. The molecule has 1 heterocycles. The Hall–Kier alpha value is -0.870. The van der Waals surface area contributed by atoms with Crippen molar-refractivity contribution in [3.63, 3.8) is 0 Å². The Morgan fingerprint density at radius 3 is 2.55 bits per heavy atom. The van der Waals surface area contributed by atoms with Crippen molar-refractivity contribution in [2.24, 2.45) is 5.92 Å². The van der Waals surface area contributed by atoms with Crippen LogP contribution in [-0.4, -0.2) is 30.4 Å². The van der Waals surface area contributed by atoms with Crippen LogP contribution in [0.4, 0.5) is 5.69 Å². The van der Waals surface area contributed by atoms with Crippen LogP contribution in [-0.2, 0) is 4.79 Å². The van der Waals surface area contributed by atoms with Crippen LogP contribution in [0.5, 0.6) is 0 Å². The minimum absolute atomic E-state index is 0.0727. The molecular formula is C16H23BrN2O. The fourth-order valence-corrected chi connectivity index (χ4v) is 3.05. The number of anilines is 1. The fourth-order valence-electron chi connectivity index (χ4n) is 2.49. The van der Waals surface area contributed by atoms with Gasteiger partial charge in [-0.3, -0.25) is 9.69 Å². The summed E-state index contributed by atoms with van der Waals surface area (Å²) in [5, 5.41) is 3.01. The summed E-state index contributed by atoms with van der Waals surface area (Å²) in [6.45, 7) is 8.96. The molecule has 1 aliphatic heterocycles. The van der Waals surface area contributed by atoms with Crippen molar-refractivity contribution >= 4 is 27.5 Å². The van der Waals surface area contributed by atoms with Crippen LogP contribution in [0, 0.1) is 19.8 Å². The van der Waals surface area contributed by atoms with Crippen molar-refractivity contribution in [3.8, 4) is 0 Å². The summed E-state index contributed by atoms with van der Waals surface area (Å²) in [5.41, 5.74) is 3.28. The van der Waals surface area contributed by atoms with Gasteiger partial charge in [-0.1, -0.05) is 6.92 Å². The first-order valence-electron chi connectivity index (χ1n) is 7.24. The van der Waals surface area contributed by atoms with E-state index in [1.54, 1.807) is 0 Å². The maximum atomic E-state index is 12.1. The molecule has 0 spiro atoms. The molecular weight excluding hydrogens is 316 g/mol. The maximum absolute atomic E-state index is 12.1. The molecule has 0 aromatic heterocycles. The van der Waals surface area contributed by atoms with Crippen LogP contribution in [0.3, 0.4) is 0 Å². The maximum Gasteiger partial charge on any atom is 0.238 e. The second-order valence-electron chi connectivity index (χ2n) is 5.92. The third kappa shape index (κ3) is 4.06. The van der Waals surface area contributed by atoms with Gasteiger partial charge in [-0.05, 0) is 84.9 Å². The molecule has 110 valence electrons. The smallest absolute Gasteiger partial charge is 0.238 e. The molecule has 1 N–H and O–H groups in total. The number of carbonyl (C=O) groups excluding carboxylic acids is 1. The second kappa shape index (κ2) is 6.72. The summed E-state index contributed by atoms with van der Waals surface area (Å²) in [6.07, 6.45) is 2.39. The number of rotatable bonds is 3. The third-order valence-corrected chi connectivity index (χ3v) is 4.76. The van der Waals surface area contributed by atoms with Crippen LogP contribution in [0.2, 0.25) is 0 Å². The lowest BCUT2D eigenvalue weighted by molar-refractivity contribution is -0.117. The average Bonchev–Trinajstić information content (AvgIpc) is 2.39. The second-order valence-corrected chi connectivity index (χ2v) is 6.78. The first kappa shape index (κ1) is 15.5. The van der Waals surface area contributed by atoms with Gasteiger partial charge < -0.3 is 5.32 Å². The van der Waals surface area contributed by atoms with Crippen molar-refractivity contribution < 1.29 is 4.79 Å². The number of hydrogen-bond acceptors (Lipinski definition) is 2. The zero-order valence-electron chi connectivity index (χ0n) is 12.5. The Morgan fingerprint density at radius 2 is 1.90 bits per heavy atom. The summed E-state index contributed by atoms with van der Waals surface area (Å²) < 4.78 is 0.946. The minimum Gasteiger partial charge on any atom is -0.324 e. The van der Waals surface area contributed by atoms with Gasteiger partial charge in [-0.25, -0.2) is 0 Å². The average molecular weight is 339 g/mol. The highest BCUT2D eigenvalue weighted by atomic mass is 79.9. The van der Waals surface area contributed by atoms with Crippen LogP contribution >= 0.6 is 15.9 Å². The molecule has 0 aliphatic carbocycles. The standard InChI is InChI=1S/C16H23BrN2O/c1-11-4-6-19(7-5-11)10-16(20)18-15-9-13(3)12(2)8-14(15)17/h8-9,11H,4-7,10H2,1-3H3,(H,18,20). The Balaban J connectivity index is 1.93. The van der Waals surface area contributed by atoms with Gasteiger partial charge in [-0.15, -0.1) is 0 Å². The number of aryl methyl sites for hydroxylation is 2. The van der Waals surface area contributed by atoms with E-state index in [1.165, 1.54) is 24.0 Å². The van der Waals surface area contributed by atoms with E-state index >= 15 is 0 Å². The zero-order valence-corrected chi connectivity index (χ0v) is 14.1. The molecule has 0 saturated carbocycles. The number of carbonyl (C=O) groups is 1. The van der Waals surface area contributed by atoms with Gasteiger partial charge in [0.15, 0.2) is 0 Å². The van der Waals surface area contributed by atoms with E-state index in [4.69, 9.17) is 0 Å². The Labute approximate surface area is 129 Å². The number of halogens is 1. The summed E-state index contributed by atoms with van der Waals surface area (Å²) in [7, 11) is 0. The van der Waals surface area contributed by atoms with Gasteiger partial charge in [0, 0.05) is 4.47 Å². The summed E-state index contributed by atoms with van der Waals surface area (Å²) >= 11 is 3.51. The van der Waals surface area contributed by atoms with Crippen LogP contribution in [0.25, 0.3) is 0 Å². The van der Waals surface area contributed by atoms with E-state index < -0.39 is 0 Å². The molecule has 4 heteroatoms. The Morgan fingerprint density at radius 1 is 1.30 bits per heavy atom. The number of nitrogens with zero attached hydrogens (tertiary/aromatic N) is 1. The number of hydrogen-bond donors (Lipinski definition) is 1. The molecule has 1 aliphatic rings. The zero-order chi connectivity index (χ0) is 14.7. The molecule has 2 rings (SSSR count). The highest BCUT2D eigenvalue weighted by Gasteiger charge is 2.18. The van der Waals surface area contributed by atoms with Crippen LogP contribution < -0.4 is 5.32 Å². The van der Waals surface area contributed by atoms with Gasteiger partial charge in [0.1, 0.15) is 0 Å². The van der Waals surface area contributed by atoms with Gasteiger partial charge in [0.25, 0.3) is 0 Å². The van der Waals surface area contributed by atoms with E-state index in [0.29, 0.717) is 6.54 Å². The quantitative estimate of drug-likeness (QED) is 0.910. The highest BCUT2D eigenvalue weighted by Crippen LogP contribution is 2.26. The van der Waals surface area contributed by atoms with Gasteiger partial charge in [-0.2, -0.15) is 0 Å². The minimum atomic E-state index is 0.0727. The predicted octanol–water partition coefficient (Wildman–Crippen LogP) is 3.74. The lowest BCUT2D eigenvalue weighted by Crippen LogP contribution is -2.38. The van der Waals surface area contributed by atoms with Crippen molar-refractivity contribution in [2.75, 3.05) is 25.0 Å². The van der Waals surface area contributed by atoms with E-state index in [0.717, 1.165) is 29.2 Å². The molecule has 3 nitrogen and oxygen atoms in total. The topological polar surface area (TPSA) is 32.3 Å². The predicted molar refractivity (Wildman–Crippen MR) is 87.1 cm³/mol. The number of amides is 1. The molecule has 1 aromatic rings. The first-order chi connectivity index (χ1) is 9.45. The molecule has 1 aromatic carbocycles. The largest absolute Gasteiger partial charge is 0.324 e. The van der Waals surface area contributed by atoms with Gasteiger partial charge in [0.2, 0.25) is 5.91 Å². The Bertz CT molecular complexity index is 493. The number of likely N-dealkylation sites (tertiary alicyclic amines) is 1. The monoisotopic (exact) mass is 338 g/mol. The molecule has 1 saturated heterocycles. The Kier molecular flexibility index (Phi) is 5.22. The van der Waals surface area contributed by atoms with Gasteiger partial charge >= 0.3 is 0 Å². The van der Waals surface area contributed by atoms with Crippen molar-refractivity contribution in [1.82, 2.24) is 4.90 Å². The van der Waals surface area contributed by atoms with Crippen molar-refractivity contribution in [1.29, 1.82) is 0 Å². The number of nitrogens with one attached hydrogen (secondary N) is 1. The van der Waals surface area contributed by atoms with E-state index in [2.05, 4.69) is 46.9 Å². The fraction of sp³-hybridized carbons (Fsp3) is 0.562. The van der Waals surface area contributed by atoms with Crippen LogP contribution in [0.15, 0.2) is 16.6 Å². The molecule has 1 fully saturated rings. The molecule has 0 unspecified atom stereocenters. The normalized spacial score (nSPS) is 17.2. The molecule has 20 heavy (non-hydrogen) atoms. The molecule has 0 atom stereocenters. The van der Waals surface area contributed by atoms with E-state index in [1.807, 2.05) is 12.1 Å². The lowest BCUT2D eigenvalue weighted by atomic mass is 9.99. The summed E-state index contributed by atoms with van der Waals surface area (Å²) in [4.78, 5) is 14.4. The molecule has 0 radical (unpaired) electrons. The van der Waals surface area contributed by atoms with E-state index in [9.17, 15) is 4.79 Å². The molecule has 0 bridgehead atoms. The summed E-state index contributed by atoms with van der Waals surface area (Å²) in [6, 6.07) is 4.07. The van der Waals surface area contributed by atoms with E-state index in [-0.39, 0.29) is 5.91 Å². The first-order valence-corrected chi connectivity index (χ1v) is 8.04. The van der Waals surface area contributed by atoms with Crippen molar-refractivity contribution in [2.45, 2.75) is 33.6 Å². The van der Waals surface area contributed by atoms with Crippen molar-refractivity contribution in [3.05, 3.63) is 27.7 Å². The van der Waals surface area contributed by atoms with Gasteiger partial charge in [0.05, 0.1) is 12.2 Å². The third-order valence-electron chi connectivity index (χ3n) is 4.10. The number of benzene rings is 1. The SMILES string of the molecule is Cc1cc(Br)c(NC(=O)CN2CCC(C)CC2)cc1C. The summed E-state index contributed by atoms with van der Waals surface area (Å²) in [5.74, 6) is 0.867.